The van der Waals surface area contributed by atoms with E-state index in [2.05, 4.69) is 18.3 Å². The number of halogens is 1. The van der Waals surface area contributed by atoms with E-state index in [4.69, 9.17) is 0 Å². The molecule has 1 saturated heterocycles. The van der Waals surface area contributed by atoms with Crippen LogP contribution in [-0.4, -0.2) is 6.54 Å². The van der Waals surface area contributed by atoms with Crippen LogP contribution in [0, 0.1) is 12.7 Å². The first-order valence-electron chi connectivity index (χ1n) is 7.19. The highest BCUT2D eigenvalue weighted by atomic mass is 19.1. The Bertz CT molecular complexity index is 392. The van der Waals surface area contributed by atoms with Gasteiger partial charge in [0.25, 0.3) is 0 Å². The first-order chi connectivity index (χ1) is 8.68. The molecule has 18 heavy (non-hydrogen) atoms. The summed E-state index contributed by atoms with van der Waals surface area (Å²) in [6, 6.07) is 5.75. The summed E-state index contributed by atoms with van der Waals surface area (Å²) >= 11 is 0. The summed E-state index contributed by atoms with van der Waals surface area (Å²) in [6.07, 6.45) is 7.11. The van der Waals surface area contributed by atoms with Gasteiger partial charge in [0.2, 0.25) is 0 Å². The van der Waals surface area contributed by atoms with Crippen molar-refractivity contribution < 1.29 is 4.39 Å². The molecule has 2 heteroatoms. The SMILES string of the molecule is CCCC1(c2ccc(C)c(F)c2)CCCCCN1. The minimum Gasteiger partial charge on any atom is -0.307 e. The van der Waals surface area contributed by atoms with Gasteiger partial charge in [-0.05, 0) is 49.9 Å². The molecule has 0 amide bonds. The Morgan fingerprint density at radius 3 is 2.83 bits per heavy atom. The molecule has 100 valence electrons. The third-order valence-corrected chi connectivity index (χ3v) is 4.14. The second-order valence-corrected chi connectivity index (χ2v) is 5.53. The zero-order chi connectivity index (χ0) is 13.0. The van der Waals surface area contributed by atoms with Gasteiger partial charge in [0.15, 0.2) is 0 Å². The summed E-state index contributed by atoms with van der Waals surface area (Å²) in [4.78, 5) is 0. The van der Waals surface area contributed by atoms with Gasteiger partial charge in [-0.2, -0.15) is 0 Å². The van der Waals surface area contributed by atoms with E-state index in [1.807, 2.05) is 13.0 Å². The van der Waals surface area contributed by atoms with E-state index in [1.54, 1.807) is 6.07 Å². The van der Waals surface area contributed by atoms with Crippen molar-refractivity contribution in [3.05, 3.63) is 35.1 Å². The Balaban J connectivity index is 2.35. The lowest BCUT2D eigenvalue weighted by atomic mass is 9.81. The zero-order valence-electron chi connectivity index (χ0n) is 11.6. The van der Waals surface area contributed by atoms with Crippen LogP contribution in [0.1, 0.15) is 56.6 Å². The fraction of sp³-hybridized carbons (Fsp3) is 0.625. The average Bonchev–Trinajstić information content (AvgIpc) is 2.60. The molecule has 1 nitrogen and oxygen atoms in total. The molecule has 0 aromatic heterocycles. The van der Waals surface area contributed by atoms with Crippen molar-refractivity contribution in [2.45, 2.75) is 57.9 Å². The molecule has 2 rings (SSSR count). The molecular formula is C16H24FN. The molecular weight excluding hydrogens is 225 g/mol. The van der Waals surface area contributed by atoms with Gasteiger partial charge < -0.3 is 5.32 Å². The van der Waals surface area contributed by atoms with Gasteiger partial charge in [-0.15, -0.1) is 0 Å². The smallest absolute Gasteiger partial charge is 0.126 e. The summed E-state index contributed by atoms with van der Waals surface area (Å²) in [5.74, 6) is -0.0750. The lowest BCUT2D eigenvalue weighted by Crippen LogP contribution is -2.41. The van der Waals surface area contributed by atoms with E-state index in [1.165, 1.54) is 19.3 Å². The Hall–Kier alpha value is -0.890. The van der Waals surface area contributed by atoms with Gasteiger partial charge in [-0.1, -0.05) is 38.3 Å². The minimum absolute atomic E-state index is 0.000208. The van der Waals surface area contributed by atoms with Gasteiger partial charge in [0.05, 0.1) is 0 Å². The van der Waals surface area contributed by atoms with Crippen LogP contribution >= 0.6 is 0 Å². The molecule has 0 saturated carbocycles. The number of hydrogen-bond acceptors (Lipinski definition) is 1. The zero-order valence-corrected chi connectivity index (χ0v) is 11.6. The summed E-state index contributed by atoms with van der Waals surface area (Å²) < 4.78 is 13.8. The molecule has 1 aromatic carbocycles. The molecule has 1 unspecified atom stereocenters. The maximum Gasteiger partial charge on any atom is 0.126 e. The topological polar surface area (TPSA) is 12.0 Å². The first kappa shape index (κ1) is 13.5. The second kappa shape index (κ2) is 5.83. The molecule has 0 aliphatic carbocycles. The molecule has 0 radical (unpaired) electrons. The average molecular weight is 249 g/mol. The fourth-order valence-corrected chi connectivity index (χ4v) is 3.07. The Kier molecular flexibility index (Phi) is 4.39. The van der Waals surface area contributed by atoms with Crippen LogP contribution < -0.4 is 5.32 Å². The molecule has 1 fully saturated rings. The van der Waals surface area contributed by atoms with E-state index < -0.39 is 0 Å². The number of aryl methyl sites for hydroxylation is 1. The van der Waals surface area contributed by atoms with Crippen molar-refractivity contribution in [1.82, 2.24) is 5.32 Å². The largest absolute Gasteiger partial charge is 0.307 e. The van der Waals surface area contributed by atoms with E-state index >= 15 is 0 Å². The van der Waals surface area contributed by atoms with Crippen molar-refractivity contribution in [2.24, 2.45) is 0 Å². The lowest BCUT2D eigenvalue weighted by Gasteiger charge is -2.34. The standard InChI is InChI=1S/C16H24FN/c1-3-9-16(10-5-4-6-11-18-16)14-8-7-13(2)15(17)12-14/h7-8,12,18H,3-6,9-11H2,1-2H3. The highest BCUT2D eigenvalue weighted by Crippen LogP contribution is 2.34. The van der Waals surface area contributed by atoms with Crippen LogP contribution in [0.15, 0.2) is 18.2 Å². The van der Waals surface area contributed by atoms with Crippen molar-refractivity contribution in [1.29, 1.82) is 0 Å². The lowest BCUT2D eigenvalue weighted by molar-refractivity contribution is 0.296. The maximum absolute atomic E-state index is 13.8. The van der Waals surface area contributed by atoms with Crippen molar-refractivity contribution in [3.63, 3.8) is 0 Å². The highest BCUT2D eigenvalue weighted by Gasteiger charge is 2.31. The number of nitrogens with one attached hydrogen (secondary N) is 1. The van der Waals surface area contributed by atoms with Crippen LogP contribution in [0.25, 0.3) is 0 Å². The first-order valence-corrected chi connectivity index (χ1v) is 7.19. The van der Waals surface area contributed by atoms with E-state index in [0.717, 1.165) is 36.9 Å². The quantitative estimate of drug-likeness (QED) is 0.842. The number of benzene rings is 1. The Morgan fingerprint density at radius 2 is 2.11 bits per heavy atom. The van der Waals surface area contributed by atoms with Gasteiger partial charge in [-0.25, -0.2) is 4.39 Å². The summed E-state index contributed by atoms with van der Waals surface area (Å²) in [5, 5.41) is 3.69. The van der Waals surface area contributed by atoms with Crippen LogP contribution in [-0.2, 0) is 5.54 Å². The monoisotopic (exact) mass is 249 g/mol. The van der Waals surface area contributed by atoms with Crippen LogP contribution in [0.4, 0.5) is 4.39 Å². The Labute approximate surface area is 110 Å². The highest BCUT2D eigenvalue weighted by molar-refractivity contribution is 5.29. The third-order valence-electron chi connectivity index (χ3n) is 4.14. The number of hydrogen-bond donors (Lipinski definition) is 1. The van der Waals surface area contributed by atoms with Gasteiger partial charge in [0, 0.05) is 5.54 Å². The molecule has 1 heterocycles. The minimum atomic E-state index is -0.0750. The van der Waals surface area contributed by atoms with Crippen LogP contribution in [0.2, 0.25) is 0 Å². The normalized spacial score (nSPS) is 24.8. The van der Waals surface area contributed by atoms with Crippen molar-refractivity contribution in [3.8, 4) is 0 Å². The predicted octanol–water partition coefficient (Wildman–Crippen LogP) is 4.29. The number of rotatable bonds is 3. The predicted molar refractivity (Wildman–Crippen MR) is 74.2 cm³/mol. The molecule has 1 aromatic rings. The third kappa shape index (κ3) is 2.74. The maximum atomic E-state index is 13.8. The fourth-order valence-electron chi connectivity index (χ4n) is 3.07. The van der Waals surface area contributed by atoms with Crippen LogP contribution in [0.5, 0.6) is 0 Å². The van der Waals surface area contributed by atoms with E-state index in [0.29, 0.717) is 0 Å². The summed E-state index contributed by atoms with van der Waals surface area (Å²) in [6.45, 7) is 5.08. The second-order valence-electron chi connectivity index (χ2n) is 5.53. The van der Waals surface area contributed by atoms with Gasteiger partial charge >= 0.3 is 0 Å². The molecule has 1 aliphatic rings. The molecule has 0 bridgehead atoms. The summed E-state index contributed by atoms with van der Waals surface area (Å²) in [5.41, 5.74) is 1.87. The molecule has 1 aliphatic heterocycles. The molecule has 1 atom stereocenters. The van der Waals surface area contributed by atoms with Crippen LogP contribution in [0.3, 0.4) is 0 Å². The van der Waals surface area contributed by atoms with E-state index in [9.17, 15) is 4.39 Å². The van der Waals surface area contributed by atoms with Gasteiger partial charge in [0.1, 0.15) is 5.82 Å². The Morgan fingerprint density at radius 1 is 1.28 bits per heavy atom. The summed E-state index contributed by atoms with van der Waals surface area (Å²) in [7, 11) is 0. The van der Waals surface area contributed by atoms with E-state index in [-0.39, 0.29) is 11.4 Å². The molecule has 0 spiro atoms. The van der Waals surface area contributed by atoms with Gasteiger partial charge in [-0.3, -0.25) is 0 Å². The van der Waals surface area contributed by atoms with Crippen molar-refractivity contribution >= 4 is 0 Å². The molecule has 1 N–H and O–H groups in total. The van der Waals surface area contributed by atoms with Crippen molar-refractivity contribution in [2.75, 3.05) is 6.54 Å².